The Morgan fingerprint density at radius 1 is 1.50 bits per heavy atom. The van der Waals surface area contributed by atoms with Gasteiger partial charge in [-0.1, -0.05) is 27.5 Å². The lowest BCUT2D eigenvalue weighted by Crippen LogP contribution is -2.31. The number of thioether (sulfide) groups is 1. The van der Waals surface area contributed by atoms with Crippen molar-refractivity contribution in [1.82, 2.24) is 4.72 Å². The largest absolute Gasteiger partial charge is 0.242 e. The summed E-state index contributed by atoms with van der Waals surface area (Å²) in [6.45, 7) is 0.461. The standard InChI is InChI=1S/C11H13BrClNO2S2/c1-17-11(4-5-11)7-14-18(15,16)10-3-2-8(12)6-9(10)13/h2-3,6,14H,4-5,7H2,1H3. The summed E-state index contributed by atoms with van der Waals surface area (Å²) in [6, 6.07) is 4.76. The molecular weight excluding hydrogens is 358 g/mol. The molecule has 0 bridgehead atoms. The van der Waals surface area contributed by atoms with E-state index in [9.17, 15) is 8.42 Å². The van der Waals surface area contributed by atoms with E-state index in [-0.39, 0.29) is 14.7 Å². The van der Waals surface area contributed by atoms with Crippen LogP contribution in [0.3, 0.4) is 0 Å². The molecule has 0 aromatic heterocycles. The number of rotatable bonds is 5. The van der Waals surface area contributed by atoms with Crippen LogP contribution >= 0.6 is 39.3 Å². The van der Waals surface area contributed by atoms with Gasteiger partial charge < -0.3 is 0 Å². The highest BCUT2D eigenvalue weighted by molar-refractivity contribution is 9.10. The van der Waals surface area contributed by atoms with Gasteiger partial charge in [0.05, 0.1) is 5.02 Å². The lowest BCUT2D eigenvalue weighted by molar-refractivity contribution is 0.580. The highest BCUT2D eigenvalue weighted by Gasteiger charge is 2.42. The molecule has 0 radical (unpaired) electrons. The van der Waals surface area contributed by atoms with Crippen molar-refractivity contribution in [3.8, 4) is 0 Å². The van der Waals surface area contributed by atoms with Gasteiger partial charge in [0.2, 0.25) is 10.0 Å². The molecule has 7 heteroatoms. The first-order valence-corrected chi connectivity index (χ1v) is 9.26. The van der Waals surface area contributed by atoms with E-state index in [1.165, 1.54) is 6.07 Å². The third-order valence-electron chi connectivity index (χ3n) is 3.01. The van der Waals surface area contributed by atoms with Crippen LogP contribution in [-0.2, 0) is 10.0 Å². The molecule has 100 valence electrons. The Morgan fingerprint density at radius 2 is 2.17 bits per heavy atom. The molecule has 1 saturated carbocycles. The van der Waals surface area contributed by atoms with Crippen LogP contribution in [0.4, 0.5) is 0 Å². The van der Waals surface area contributed by atoms with Crippen molar-refractivity contribution in [2.24, 2.45) is 0 Å². The van der Waals surface area contributed by atoms with Crippen LogP contribution in [0.25, 0.3) is 0 Å². The number of hydrogen-bond acceptors (Lipinski definition) is 3. The molecule has 0 amide bonds. The minimum atomic E-state index is -3.53. The zero-order valence-corrected chi connectivity index (χ0v) is 13.7. The van der Waals surface area contributed by atoms with Gasteiger partial charge >= 0.3 is 0 Å². The molecule has 1 aromatic carbocycles. The van der Waals surface area contributed by atoms with Crippen LogP contribution in [0.5, 0.6) is 0 Å². The molecule has 0 unspecified atom stereocenters. The molecule has 0 aliphatic heterocycles. The van der Waals surface area contributed by atoms with Crippen LogP contribution in [0.2, 0.25) is 5.02 Å². The number of hydrogen-bond donors (Lipinski definition) is 1. The molecule has 1 aromatic rings. The lowest BCUT2D eigenvalue weighted by Gasteiger charge is -2.14. The summed E-state index contributed by atoms with van der Waals surface area (Å²) < 4.78 is 27.8. The van der Waals surface area contributed by atoms with E-state index in [1.54, 1.807) is 23.9 Å². The van der Waals surface area contributed by atoms with E-state index < -0.39 is 10.0 Å². The predicted octanol–water partition coefficient (Wildman–Crippen LogP) is 3.28. The fourth-order valence-electron chi connectivity index (χ4n) is 1.59. The van der Waals surface area contributed by atoms with Crippen molar-refractivity contribution in [2.45, 2.75) is 22.5 Å². The van der Waals surface area contributed by atoms with Gasteiger partial charge in [0.15, 0.2) is 0 Å². The molecule has 0 atom stereocenters. The third kappa shape index (κ3) is 3.22. The van der Waals surface area contributed by atoms with Crippen LogP contribution in [0.15, 0.2) is 27.6 Å². The number of nitrogens with one attached hydrogen (secondary N) is 1. The van der Waals surface area contributed by atoms with Crippen molar-refractivity contribution in [3.63, 3.8) is 0 Å². The van der Waals surface area contributed by atoms with E-state index in [1.807, 2.05) is 6.26 Å². The van der Waals surface area contributed by atoms with Gasteiger partial charge in [0, 0.05) is 15.8 Å². The summed E-state index contributed by atoms with van der Waals surface area (Å²) in [4.78, 5) is 0.129. The summed E-state index contributed by atoms with van der Waals surface area (Å²) >= 11 is 10.9. The molecule has 3 nitrogen and oxygen atoms in total. The Labute approximate surface area is 125 Å². The summed E-state index contributed by atoms with van der Waals surface area (Å²) in [7, 11) is -3.53. The number of benzene rings is 1. The Balaban J connectivity index is 2.15. The van der Waals surface area contributed by atoms with Crippen LogP contribution in [-0.4, -0.2) is 26.0 Å². The molecule has 0 heterocycles. The molecule has 18 heavy (non-hydrogen) atoms. The zero-order valence-electron chi connectivity index (χ0n) is 9.74. The Morgan fingerprint density at radius 3 is 2.67 bits per heavy atom. The van der Waals surface area contributed by atoms with Crippen LogP contribution in [0.1, 0.15) is 12.8 Å². The topological polar surface area (TPSA) is 46.2 Å². The van der Waals surface area contributed by atoms with Crippen molar-refractivity contribution in [3.05, 3.63) is 27.7 Å². The maximum atomic E-state index is 12.1. The molecule has 0 spiro atoms. The minimum Gasteiger partial charge on any atom is -0.210 e. The highest BCUT2D eigenvalue weighted by Crippen LogP contribution is 2.46. The first kappa shape index (κ1) is 14.7. The highest BCUT2D eigenvalue weighted by atomic mass is 79.9. The monoisotopic (exact) mass is 369 g/mol. The second-order valence-electron chi connectivity index (χ2n) is 4.29. The fourth-order valence-corrected chi connectivity index (χ4v) is 4.57. The van der Waals surface area contributed by atoms with Crippen LogP contribution < -0.4 is 4.72 Å². The van der Waals surface area contributed by atoms with E-state index in [0.717, 1.165) is 17.3 Å². The SMILES string of the molecule is CSC1(CNS(=O)(=O)c2ccc(Br)cc2Cl)CC1. The van der Waals surface area contributed by atoms with Gasteiger partial charge in [-0.3, -0.25) is 0 Å². The molecule has 1 aliphatic carbocycles. The quantitative estimate of drug-likeness (QED) is 0.865. The first-order chi connectivity index (χ1) is 8.38. The Kier molecular flexibility index (Phi) is 4.33. The lowest BCUT2D eigenvalue weighted by atomic mass is 10.4. The molecule has 1 N–H and O–H groups in total. The van der Waals surface area contributed by atoms with Gasteiger partial charge in [-0.2, -0.15) is 11.8 Å². The second kappa shape index (κ2) is 5.32. The maximum Gasteiger partial charge on any atom is 0.242 e. The summed E-state index contributed by atoms with van der Waals surface area (Å²) in [5, 5.41) is 0.228. The Hall–Kier alpha value is 0.250. The maximum absolute atomic E-state index is 12.1. The van der Waals surface area contributed by atoms with Gasteiger partial charge in [0.1, 0.15) is 4.90 Å². The van der Waals surface area contributed by atoms with Crippen molar-refractivity contribution < 1.29 is 8.42 Å². The summed E-state index contributed by atoms with van der Waals surface area (Å²) in [5.74, 6) is 0. The van der Waals surface area contributed by atoms with Crippen molar-refractivity contribution in [2.75, 3.05) is 12.8 Å². The third-order valence-corrected chi connectivity index (χ3v) is 6.80. The fraction of sp³-hybridized carbons (Fsp3) is 0.455. The van der Waals surface area contributed by atoms with Gasteiger partial charge in [-0.15, -0.1) is 0 Å². The molecular formula is C11H13BrClNO2S2. The number of sulfonamides is 1. The minimum absolute atomic E-state index is 0.0922. The van der Waals surface area contributed by atoms with E-state index in [4.69, 9.17) is 11.6 Å². The van der Waals surface area contributed by atoms with E-state index >= 15 is 0 Å². The van der Waals surface area contributed by atoms with Crippen molar-refractivity contribution >= 4 is 49.3 Å². The molecule has 1 aliphatic rings. The van der Waals surface area contributed by atoms with E-state index in [2.05, 4.69) is 20.7 Å². The van der Waals surface area contributed by atoms with Crippen LogP contribution in [0, 0.1) is 0 Å². The van der Waals surface area contributed by atoms with Gasteiger partial charge in [-0.05, 0) is 37.3 Å². The predicted molar refractivity (Wildman–Crippen MR) is 79.8 cm³/mol. The van der Waals surface area contributed by atoms with Crippen molar-refractivity contribution in [1.29, 1.82) is 0 Å². The smallest absolute Gasteiger partial charge is 0.210 e. The molecule has 2 rings (SSSR count). The second-order valence-corrected chi connectivity index (χ2v) is 8.62. The van der Waals surface area contributed by atoms with E-state index in [0.29, 0.717) is 6.54 Å². The summed E-state index contributed by atoms with van der Waals surface area (Å²) in [5.41, 5.74) is 0. The molecule has 0 saturated heterocycles. The van der Waals surface area contributed by atoms with Gasteiger partial charge in [0.25, 0.3) is 0 Å². The Bertz CT molecular complexity index is 558. The molecule has 1 fully saturated rings. The van der Waals surface area contributed by atoms with Gasteiger partial charge in [-0.25, -0.2) is 13.1 Å². The normalized spacial score (nSPS) is 17.7. The first-order valence-electron chi connectivity index (χ1n) is 5.38. The average Bonchev–Trinajstić information content (AvgIpc) is 3.07. The number of halogens is 2. The average molecular weight is 371 g/mol. The summed E-state index contributed by atoms with van der Waals surface area (Å²) in [6.07, 6.45) is 4.13. The zero-order chi connectivity index (χ0) is 13.4.